The number of carbonyl (C=O) groups excluding carboxylic acids is 1. The van der Waals surface area contributed by atoms with Gasteiger partial charge in [-0.1, -0.05) is 97.8 Å². The van der Waals surface area contributed by atoms with Crippen molar-refractivity contribution in [1.29, 1.82) is 0 Å². The van der Waals surface area contributed by atoms with Crippen molar-refractivity contribution in [3.63, 3.8) is 0 Å². The van der Waals surface area contributed by atoms with Crippen molar-refractivity contribution in [2.24, 2.45) is 5.92 Å². The average molecular weight is 715 g/mol. The molecule has 0 aliphatic rings. The van der Waals surface area contributed by atoms with Gasteiger partial charge < -0.3 is 26.9 Å². The van der Waals surface area contributed by atoms with Gasteiger partial charge in [-0.05, 0) is 108 Å². The summed E-state index contributed by atoms with van der Waals surface area (Å²) in [6.45, 7) is 16.2. The van der Waals surface area contributed by atoms with Crippen LogP contribution < -0.4 is 0 Å². The highest BCUT2D eigenvalue weighted by Gasteiger charge is 2.25. The number of hydrogen-bond donors (Lipinski definition) is 0. The second-order valence-corrected chi connectivity index (χ2v) is 14.4. The first kappa shape index (κ1) is 42.5. The summed E-state index contributed by atoms with van der Waals surface area (Å²) in [5.74, 6) is 8.85. The molecule has 0 atom stereocenters. The van der Waals surface area contributed by atoms with E-state index in [1.807, 2.05) is 88.4 Å². The number of carbonyl (C=O) groups is 1. The number of furan rings is 5. The standard InChI is InChI=1S/C16H34.C15H14O3.C15H18O3/c1-4-7-10-13-16(14-11-8-5-2)15-12-9-6-3;1-10-5-7-13(17-10)15(12-4-3-9-16-12)14-8-6-11(2)18-14;1-10(16)4-7-13(14-8-5-11(2)17-14)15-9-6-12(3)18-15/h16H,4-15H2,1-3H3;3-9,15H,1-2H3;5-6,8-9,13H,4,7H2,1-3H3. The molecule has 0 unspecified atom stereocenters. The molecule has 0 radical (unpaired) electrons. The molecule has 0 aliphatic carbocycles. The van der Waals surface area contributed by atoms with Crippen molar-refractivity contribution in [2.75, 3.05) is 0 Å². The van der Waals surface area contributed by atoms with Crippen LogP contribution in [0.1, 0.15) is 181 Å². The van der Waals surface area contributed by atoms with E-state index in [9.17, 15) is 4.79 Å². The fourth-order valence-electron chi connectivity index (χ4n) is 6.63. The lowest BCUT2D eigenvalue weighted by atomic mass is 9.90. The third-order valence-electron chi connectivity index (χ3n) is 9.56. The monoisotopic (exact) mass is 714 g/mol. The minimum absolute atomic E-state index is 0.0244. The SMILES string of the molecule is CC(=O)CCC(c1ccc(C)o1)c1ccc(C)o1.CCCCCC(CCCCC)CCCCC.Cc1ccc(C(c2ccco2)c2ccc(C)o2)o1. The Kier molecular flexibility index (Phi) is 19.3. The number of hydrogen-bond acceptors (Lipinski definition) is 6. The molecule has 0 spiro atoms. The van der Waals surface area contributed by atoms with Gasteiger partial charge in [-0.15, -0.1) is 0 Å². The second kappa shape index (κ2) is 23.6. The molecule has 0 saturated carbocycles. The molecule has 0 N–H and O–H groups in total. The Labute approximate surface area is 313 Å². The molecule has 0 aromatic carbocycles. The second-order valence-electron chi connectivity index (χ2n) is 14.4. The lowest BCUT2D eigenvalue weighted by Crippen LogP contribution is -2.02. The Bertz CT molecular complexity index is 1520. The zero-order valence-corrected chi connectivity index (χ0v) is 33.4. The first-order valence-electron chi connectivity index (χ1n) is 19.9. The molecule has 0 aliphatic heterocycles. The molecule has 6 heteroatoms. The molecule has 52 heavy (non-hydrogen) atoms. The van der Waals surface area contributed by atoms with E-state index in [4.69, 9.17) is 22.1 Å². The first-order valence-corrected chi connectivity index (χ1v) is 19.9. The van der Waals surface area contributed by atoms with Crippen LogP contribution in [0.4, 0.5) is 0 Å². The summed E-state index contributed by atoms with van der Waals surface area (Å²) in [4.78, 5) is 11.2. The van der Waals surface area contributed by atoms with Gasteiger partial charge in [-0.2, -0.15) is 0 Å². The minimum atomic E-state index is -0.123. The molecule has 5 heterocycles. The Balaban J connectivity index is 0.000000211. The largest absolute Gasteiger partial charge is 0.468 e. The molecule has 286 valence electrons. The van der Waals surface area contributed by atoms with Crippen molar-refractivity contribution in [2.45, 2.75) is 157 Å². The summed E-state index contributed by atoms with van der Waals surface area (Å²) >= 11 is 0. The molecular formula is C46H66O6. The van der Waals surface area contributed by atoms with Crippen LogP contribution in [0, 0.1) is 33.6 Å². The van der Waals surface area contributed by atoms with E-state index in [2.05, 4.69) is 20.8 Å². The van der Waals surface area contributed by atoms with Crippen LogP contribution in [0.15, 0.2) is 89.0 Å². The van der Waals surface area contributed by atoms with Crippen LogP contribution >= 0.6 is 0 Å². The Morgan fingerprint density at radius 1 is 0.519 bits per heavy atom. The highest BCUT2D eigenvalue weighted by Crippen LogP contribution is 2.34. The maximum atomic E-state index is 11.2. The summed E-state index contributed by atoms with van der Waals surface area (Å²) in [6.07, 6.45) is 20.3. The van der Waals surface area contributed by atoms with Gasteiger partial charge in [0.2, 0.25) is 0 Å². The summed E-state index contributed by atoms with van der Waals surface area (Å²) < 4.78 is 28.3. The van der Waals surface area contributed by atoms with Crippen LogP contribution in [0.2, 0.25) is 0 Å². The van der Waals surface area contributed by atoms with Gasteiger partial charge >= 0.3 is 0 Å². The van der Waals surface area contributed by atoms with E-state index in [1.165, 1.54) is 77.0 Å². The van der Waals surface area contributed by atoms with E-state index in [1.54, 1.807) is 13.2 Å². The fraction of sp³-hybridized carbons (Fsp3) is 0.543. The normalized spacial score (nSPS) is 11.2. The van der Waals surface area contributed by atoms with E-state index in [0.717, 1.165) is 64.2 Å². The first-order chi connectivity index (χ1) is 25.1. The zero-order chi connectivity index (χ0) is 37.7. The van der Waals surface area contributed by atoms with E-state index < -0.39 is 0 Å². The Morgan fingerprint density at radius 2 is 0.923 bits per heavy atom. The molecule has 5 aromatic heterocycles. The predicted octanol–water partition coefficient (Wildman–Crippen LogP) is 14.6. The molecule has 0 amide bonds. The van der Waals surface area contributed by atoms with Crippen molar-refractivity contribution in [3.8, 4) is 0 Å². The number of aryl methyl sites for hydroxylation is 4. The zero-order valence-electron chi connectivity index (χ0n) is 33.4. The van der Waals surface area contributed by atoms with Crippen molar-refractivity contribution in [1.82, 2.24) is 0 Å². The van der Waals surface area contributed by atoms with Crippen LogP contribution in [-0.2, 0) is 4.79 Å². The van der Waals surface area contributed by atoms with E-state index >= 15 is 0 Å². The number of unbranched alkanes of at least 4 members (excludes halogenated alkanes) is 6. The highest BCUT2D eigenvalue weighted by atomic mass is 16.4. The van der Waals surface area contributed by atoms with Gasteiger partial charge in [0, 0.05) is 6.42 Å². The average Bonchev–Trinajstić information content (AvgIpc) is 3.97. The minimum Gasteiger partial charge on any atom is -0.468 e. The Hall–Kier alpha value is -3.93. The third kappa shape index (κ3) is 15.0. The van der Waals surface area contributed by atoms with Crippen molar-refractivity contribution >= 4 is 5.78 Å². The lowest BCUT2D eigenvalue weighted by molar-refractivity contribution is -0.117. The smallest absolute Gasteiger partial charge is 0.133 e. The summed E-state index contributed by atoms with van der Waals surface area (Å²) in [6, 6.07) is 19.4. The number of Topliss-reactive ketones (excluding diaryl/α,β-unsaturated/α-hetero) is 1. The summed E-state index contributed by atoms with van der Waals surface area (Å²) in [7, 11) is 0. The predicted molar refractivity (Wildman–Crippen MR) is 211 cm³/mol. The maximum Gasteiger partial charge on any atom is 0.133 e. The molecular weight excluding hydrogens is 649 g/mol. The van der Waals surface area contributed by atoms with Crippen LogP contribution in [0.3, 0.4) is 0 Å². The molecule has 5 rings (SSSR count). The van der Waals surface area contributed by atoms with E-state index in [-0.39, 0.29) is 17.6 Å². The lowest BCUT2D eigenvalue weighted by Gasteiger charge is -2.16. The Morgan fingerprint density at radius 3 is 1.23 bits per heavy atom. The third-order valence-corrected chi connectivity index (χ3v) is 9.56. The maximum absolute atomic E-state index is 11.2. The van der Waals surface area contributed by atoms with Gasteiger partial charge in [-0.25, -0.2) is 0 Å². The molecule has 5 aromatic rings. The van der Waals surface area contributed by atoms with Gasteiger partial charge in [-0.3, -0.25) is 0 Å². The van der Waals surface area contributed by atoms with Gasteiger partial charge in [0.05, 0.1) is 12.2 Å². The number of ketones is 1. The molecule has 0 fully saturated rings. The molecule has 6 nitrogen and oxygen atoms in total. The summed E-state index contributed by atoms with van der Waals surface area (Å²) in [5, 5.41) is 0. The van der Waals surface area contributed by atoms with Gasteiger partial charge in [0.1, 0.15) is 63.5 Å². The molecule has 0 saturated heterocycles. The van der Waals surface area contributed by atoms with Crippen LogP contribution in [-0.4, -0.2) is 5.78 Å². The summed E-state index contributed by atoms with van der Waals surface area (Å²) in [5.41, 5.74) is 0. The van der Waals surface area contributed by atoms with Crippen molar-refractivity contribution in [3.05, 3.63) is 119 Å². The van der Waals surface area contributed by atoms with Crippen LogP contribution in [0.25, 0.3) is 0 Å². The van der Waals surface area contributed by atoms with Crippen molar-refractivity contribution < 1.29 is 26.9 Å². The highest BCUT2D eigenvalue weighted by molar-refractivity contribution is 5.75. The van der Waals surface area contributed by atoms with Gasteiger partial charge in [0.25, 0.3) is 0 Å². The van der Waals surface area contributed by atoms with Crippen LogP contribution in [0.5, 0.6) is 0 Å². The van der Waals surface area contributed by atoms with Gasteiger partial charge in [0.15, 0.2) is 0 Å². The quantitative estimate of drug-likeness (QED) is 0.0746. The van der Waals surface area contributed by atoms with E-state index in [0.29, 0.717) is 6.42 Å². The fourth-order valence-corrected chi connectivity index (χ4v) is 6.63. The number of rotatable bonds is 20. The molecule has 0 bridgehead atoms. The topological polar surface area (TPSA) is 82.8 Å².